The van der Waals surface area contributed by atoms with Gasteiger partial charge in [0.25, 0.3) is 11.6 Å². The van der Waals surface area contributed by atoms with Crippen molar-refractivity contribution >= 4 is 34.0 Å². The van der Waals surface area contributed by atoms with E-state index in [-0.39, 0.29) is 10.7 Å². The summed E-state index contributed by atoms with van der Waals surface area (Å²) in [6, 6.07) is 12.7. The molecule has 1 aromatic heterocycles. The number of nitro benzene ring substituents is 1. The molecular formula is C17H10N3O5S-. The molecule has 130 valence electrons. The highest BCUT2D eigenvalue weighted by molar-refractivity contribution is 7.14. The van der Waals surface area contributed by atoms with Gasteiger partial charge in [0.15, 0.2) is 5.13 Å². The molecule has 0 unspecified atom stereocenters. The maximum atomic E-state index is 12.4. The molecule has 0 atom stereocenters. The van der Waals surface area contributed by atoms with Gasteiger partial charge >= 0.3 is 0 Å². The Bertz CT molecular complexity index is 1000. The molecule has 1 amide bonds. The quantitative estimate of drug-likeness (QED) is 0.544. The normalized spacial score (nSPS) is 10.3. The molecule has 0 radical (unpaired) electrons. The predicted octanol–water partition coefficient (Wildman–Crippen LogP) is 2.33. The van der Waals surface area contributed by atoms with Crippen LogP contribution in [-0.2, 0) is 0 Å². The fourth-order valence-corrected chi connectivity index (χ4v) is 3.05. The predicted molar refractivity (Wildman–Crippen MR) is 92.9 cm³/mol. The van der Waals surface area contributed by atoms with Gasteiger partial charge in [-0.1, -0.05) is 36.4 Å². The Kier molecular flexibility index (Phi) is 4.72. The fraction of sp³-hybridized carbons (Fsp3) is 0. The van der Waals surface area contributed by atoms with Crippen LogP contribution in [0, 0.1) is 10.1 Å². The number of aromatic carboxylic acids is 1. The number of hydrogen-bond donors (Lipinski definition) is 1. The monoisotopic (exact) mass is 368 g/mol. The van der Waals surface area contributed by atoms with Crippen LogP contribution < -0.4 is 10.4 Å². The molecule has 9 heteroatoms. The lowest BCUT2D eigenvalue weighted by Crippen LogP contribution is -2.27. The second-order valence-electron chi connectivity index (χ2n) is 5.10. The smallest absolute Gasteiger partial charge is 0.279 e. The molecule has 3 aromatic rings. The number of thiazole rings is 1. The summed E-state index contributed by atoms with van der Waals surface area (Å²) in [6.45, 7) is 0. The van der Waals surface area contributed by atoms with Crippen molar-refractivity contribution in [2.24, 2.45) is 0 Å². The number of anilines is 1. The van der Waals surface area contributed by atoms with Gasteiger partial charge in [-0.15, -0.1) is 11.3 Å². The molecule has 0 fully saturated rings. The molecular weight excluding hydrogens is 358 g/mol. The number of amides is 1. The number of nitrogens with one attached hydrogen (secondary N) is 1. The molecule has 0 saturated carbocycles. The SMILES string of the molecule is O=C(Nc1nc(-c2ccccc2)cs1)c1cccc([N+](=O)[O-])c1C(=O)[O-]. The van der Waals surface area contributed by atoms with Gasteiger partial charge in [0.05, 0.1) is 27.7 Å². The molecule has 2 aromatic carbocycles. The first kappa shape index (κ1) is 17.2. The number of carboxylic acids is 1. The zero-order valence-electron chi connectivity index (χ0n) is 13.0. The molecule has 0 aliphatic carbocycles. The highest BCUT2D eigenvalue weighted by Gasteiger charge is 2.23. The van der Waals surface area contributed by atoms with Crippen LogP contribution in [0.2, 0.25) is 0 Å². The summed E-state index contributed by atoms with van der Waals surface area (Å²) in [4.78, 5) is 38.1. The van der Waals surface area contributed by atoms with E-state index in [0.29, 0.717) is 5.69 Å². The van der Waals surface area contributed by atoms with E-state index in [1.807, 2.05) is 30.3 Å². The van der Waals surface area contributed by atoms with Gasteiger partial charge in [-0.25, -0.2) is 4.98 Å². The van der Waals surface area contributed by atoms with Gasteiger partial charge in [-0.3, -0.25) is 20.2 Å². The molecule has 0 aliphatic rings. The third kappa shape index (κ3) is 3.42. The van der Waals surface area contributed by atoms with E-state index in [1.54, 1.807) is 5.38 Å². The van der Waals surface area contributed by atoms with Crippen LogP contribution in [0.3, 0.4) is 0 Å². The van der Waals surface area contributed by atoms with Crippen molar-refractivity contribution in [3.8, 4) is 11.3 Å². The van der Waals surface area contributed by atoms with Crippen molar-refractivity contribution in [2.45, 2.75) is 0 Å². The Morgan fingerprint density at radius 2 is 1.81 bits per heavy atom. The Morgan fingerprint density at radius 1 is 1.08 bits per heavy atom. The zero-order valence-corrected chi connectivity index (χ0v) is 13.9. The summed E-state index contributed by atoms with van der Waals surface area (Å²) in [6.07, 6.45) is 0. The molecule has 0 aliphatic heterocycles. The minimum Gasteiger partial charge on any atom is -0.545 e. The van der Waals surface area contributed by atoms with Crippen molar-refractivity contribution in [2.75, 3.05) is 5.32 Å². The van der Waals surface area contributed by atoms with Gasteiger partial charge in [0.1, 0.15) is 0 Å². The van der Waals surface area contributed by atoms with Crippen LogP contribution >= 0.6 is 11.3 Å². The van der Waals surface area contributed by atoms with E-state index in [0.717, 1.165) is 23.0 Å². The van der Waals surface area contributed by atoms with Gasteiger partial charge in [0.2, 0.25) is 0 Å². The molecule has 0 saturated heterocycles. The maximum absolute atomic E-state index is 12.4. The Labute approximate surface area is 150 Å². The molecule has 0 bridgehead atoms. The maximum Gasteiger partial charge on any atom is 0.279 e. The molecule has 0 spiro atoms. The average Bonchev–Trinajstić information content (AvgIpc) is 3.10. The lowest BCUT2D eigenvalue weighted by atomic mass is 10.0. The number of carbonyl (C=O) groups is 2. The highest BCUT2D eigenvalue weighted by Crippen LogP contribution is 2.26. The second kappa shape index (κ2) is 7.11. The minimum atomic E-state index is -1.80. The van der Waals surface area contributed by atoms with Crippen LogP contribution in [0.1, 0.15) is 20.7 Å². The lowest BCUT2D eigenvalue weighted by Gasteiger charge is -2.10. The molecule has 1 heterocycles. The van der Waals surface area contributed by atoms with Crippen LogP contribution in [0.4, 0.5) is 10.8 Å². The summed E-state index contributed by atoms with van der Waals surface area (Å²) in [5, 5.41) is 26.7. The van der Waals surface area contributed by atoms with Crippen LogP contribution in [0.25, 0.3) is 11.3 Å². The van der Waals surface area contributed by atoms with Crippen molar-refractivity contribution in [3.05, 3.63) is 75.2 Å². The number of aromatic nitrogens is 1. The fourth-order valence-electron chi connectivity index (χ4n) is 2.33. The summed E-state index contributed by atoms with van der Waals surface area (Å²) in [7, 11) is 0. The van der Waals surface area contributed by atoms with E-state index in [2.05, 4.69) is 10.3 Å². The molecule has 26 heavy (non-hydrogen) atoms. The highest BCUT2D eigenvalue weighted by atomic mass is 32.1. The number of nitrogens with zero attached hydrogens (tertiary/aromatic N) is 2. The van der Waals surface area contributed by atoms with Crippen LogP contribution in [0.5, 0.6) is 0 Å². The first-order chi connectivity index (χ1) is 12.5. The van der Waals surface area contributed by atoms with E-state index < -0.39 is 28.1 Å². The standard InChI is InChI=1S/C17H11N3O5S/c21-15(11-7-4-8-13(20(24)25)14(11)16(22)23)19-17-18-12(9-26-17)10-5-2-1-3-6-10/h1-9H,(H,22,23)(H,18,19,21)/p-1. The van der Waals surface area contributed by atoms with Crippen molar-refractivity contribution in [3.63, 3.8) is 0 Å². The van der Waals surface area contributed by atoms with Crippen LogP contribution in [0.15, 0.2) is 53.9 Å². The molecule has 3 rings (SSSR count). The third-order valence-electron chi connectivity index (χ3n) is 3.48. The largest absolute Gasteiger partial charge is 0.545 e. The second-order valence-corrected chi connectivity index (χ2v) is 5.96. The lowest BCUT2D eigenvalue weighted by molar-refractivity contribution is -0.385. The van der Waals surface area contributed by atoms with E-state index in [1.165, 1.54) is 12.1 Å². The van der Waals surface area contributed by atoms with Crippen molar-refractivity contribution in [1.82, 2.24) is 4.98 Å². The van der Waals surface area contributed by atoms with E-state index in [9.17, 15) is 24.8 Å². The minimum absolute atomic E-state index is 0.240. The zero-order chi connectivity index (χ0) is 18.7. The molecule has 1 N–H and O–H groups in total. The third-order valence-corrected chi connectivity index (χ3v) is 4.24. The van der Waals surface area contributed by atoms with Gasteiger partial charge in [0, 0.05) is 17.0 Å². The Balaban J connectivity index is 1.90. The van der Waals surface area contributed by atoms with Crippen LogP contribution in [-0.4, -0.2) is 21.8 Å². The van der Waals surface area contributed by atoms with Crippen molar-refractivity contribution < 1.29 is 19.6 Å². The number of carboxylic acid groups (broad SMARTS) is 1. The van der Waals surface area contributed by atoms with Gasteiger partial charge < -0.3 is 9.90 Å². The number of benzene rings is 2. The number of nitro groups is 1. The summed E-state index contributed by atoms with van der Waals surface area (Å²) in [5.41, 5.74) is -0.340. The van der Waals surface area contributed by atoms with E-state index >= 15 is 0 Å². The van der Waals surface area contributed by atoms with Crippen molar-refractivity contribution in [1.29, 1.82) is 0 Å². The number of hydrogen-bond acceptors (Lipinski definition) is 7. The number of rotatable bonds is 5. The number of carbonyl (C=O) groups excluding carboxylic acids is 2. The first-order valence-corrected chi connectivity index (χ1v) is 8.16. The Morgan fingerprint density at radius 3 is 2.46 bits per heavy atom. The van der Waals surface area contributed by atoms with Gasteiger partial charge in [-0.05, 0) is 6.07 Å². The summed E-state index contributed by atoms with van der Waals surface area (Å²) in [5.74, 6) is -2.62. The molecule has 8 nitrogen and oxygen atoms in total. The summed E-state index contributed by atoms with van der Waals surface area (Å²) < 4.78 is 0. The Hall–Kier alpha value is -3.59. The van der Waals surface area contributed by atoms with E-state index in [4.69, 9.17) is 0 Å². The first-order valence-electron chi connectivity index (χ1n) is 7.28. The van der Waals surface area contributed by atoms with Gasteiger partial charge in [-0.2, -0.15) is 0 Å². The topological polar surface area (TPSA) is 125 Å². The average molecular weight is 368 g/mol. The summed E-state index contributed by atoms with van der Waals surface area (Å²) >= 11 is 1.15.